The monoisotopic (exact) mass is 668 g/mol. The van der Waals surface area contributed by atoms with Crippen LogP contribution < -0.4 is 62.7 Å². The predicted octanol–water partition coefficient (Wildman–Crippen LogP) is 2.12. The van der Waals surface area contributed by atoms with Crippen molar-refractivity contribution in [1.29, 1.82) is 0 Å². The molecule has 242 valence electrons. The smallest absolute Gasteiger partial charge is 1.00 e. The number of ether oxygens (including phenoxy) is 1. The molecular formula is C34H38FKN6O5. The minimum atomic E-state index is -0.681. The molecule has 2 aromatic carbocycles. The first-order chi connectivity index (χ1) is 22.3. The quantitative estimate of drug-likeness (QED) is 0.216. The summed E-state index contributed by atoms with van der Waals surface area (Å²) in [5, 5.41) is 18.7. The van der Waals surface area contributed by atoms with Gasteiger partial charge in [-0.1, -0.05) is 54.9 Å². The average Bonchev–Trinajstić information content (AvgIpc) is 3.71. The Kier molecular flexibility index (Phi) is 10.4. The van der Waals surface area contributed by atoms with Crippen LogP contribution in [0.1, 0.15) is 82.6 Å². The van der Waals surface area contributed by atoms with E-state index in [1.54, 1.807) is 27.3 Å². The van der Waals surface area contributed by atoms with E-state index in [2.05, 4.69) is 24.7 Å². The number of nitrogens with zero attached hydrogens (tertiary/aromatic N) is 5. The van der Waals surface area contributed by atoms with Gasteiger partial charge in [0.1, 0.15) is 12.1 Å². The Balaban J connectivity index is 0.00000225. The molecule has 0 amide bonds. The maximum atomic E-state index is 15.9. The summed E-state index contributed by atoms with van der Waals surface area (Å²) in [6.07, 6.45) is 8.63. The summed E-state index contributed by atoms with van der Waals surface area (Å²) in [7, 11) is 0. The molecule has 0 spiro atoms. The van der Waals surface area contributed by atoms with Gasteiger partial charge in [0.2, 0.25) is 5.78 Å². The Bertz CT molecular complexity index is 2000. The number of H-pyrrole nitrogens is 1. The van der Waals surface area contributed by atoms with E-state index in [0.29, 0.717) is 46.6 Å². The number of hydrogen-bond donors (Lipinski definition) is 2. The number of nitrogens with one attached hydrogen (secondary N) is 1. The number of aromatic amines is 1. The van der Waals surface area contributed by atoms with Crippen LogP contribution in [0.15, 0.2) is 62.9 Å². The van der Waals surface area contributed by atoms with Gasteiger partial charge < -0.3 is 11.3 Å². The number of halogens is 1. The Morgan fingerprint density at radius 2 is 1.89 bits per heavy atom. The normalized spacial score (nSPS) is 19.0. The first-order valence-corrected chi connectivity index (χ1v) is 16.1. The third kappa shape index (κ3) is 6.89. The fourth-order valence-electron chi connectivity index (χ4n) is 6.89. The third-order valence-electron chi connectivity index (χ3n) is 9.55. The molecule has 2 N–H and O–H groups in total. The summed E-state index contributed by atoms with van der Waals surface area (Å²) in [6, 6.07) is 12.1. The number of aliphatic hydroxyl groups is 1. The van der Waals surface area contributed by atoms with Crippen LogP contribution in [0, 0.1) is 5.82 Å². The Morgan fingerprint density at radius 3 is 2.55 bits per heavy atom. The van der Waals surface area contributed by atoms with E-state index in [9.17, 15) is 14.7 Å². The van der Waals surface area contributed by atoms with Crippen LogP contribution in [0.3, 0.4) is 0 Å². The molecule has 0 unspecified atom stereocenters. The molecule has 13 heteroatoms. The molecule has 0 aliphatic heterocycles. The van der Waals surface area contributed by atoms with Crippen molar-refractivity contribution in [1.82, 2.24) is 29.3 Å². The van der Waals surface area contributed by atoms with Crippen molar-refractivity contribution in [2.75, 3.05) is 6.61 Å². The van der Waals surface area contributed by atoms with Gasteiger partial charge in [-0.15, -0.1) is 0 Å². The van der Waals surface area contributed by atoms with Gasteiger partial charge in [-0.2, -0.15) is 10.1 Å². The van der Waals surface area contributed by atoms with E-state index in [1.807, 2.05) is 25.1 Å². The van der Waals surface area contributed by atoms with E-state index < -0.39 is 17.2 Å². The number of fused-ring (bicyclic) bond motifs is 1. The molecule has 7 rings (SSSR count). The van der Waals surface area contributed by atoms with Gasteiger partial charge in [-0.25, -0.2) is 13.7 Å². The van der Waals surface area contributed by atoms with Crippen molar-refractivity contribution in [3.63, 3.8) is 0 Å². The zero-order valence-electron chi connectivity index (χ0n) is 27.7. The van der Waals surface area contributed by atoms with Gasteiger partial charge in [0.25, 0.3) is 5.56 Å². The molecule has 3 aromatic heterocycles. The van der Waals surface area contributed by atoms with Crippen LogP contribution >= 0.6 is 0 Å². The minimum Gasteiger partial charge on any atom is -1.00 e. The molecule has 2 aliphatic rings. The summed E-state index contributed by atoms with van der Waals surface area (Å²) >= 11 is 0. The summed E-state index contributed by atoms with van der Waals surface area (Å²) in [4.78, 5) is 32.9. The van der Waals surface area contributed by atoms with Crippen LogP contribution in [0.4, 0.5) is 4.39 Å². The van der Waals surface area contributed by atoms with Crippen LogP contribution in [-0.2, 0) is 17.6 Å². The number of aryl methyl sites for hydroxylation is 1. The first kappa shape index (κ1) is 34.1. The van der Waals surface area contributed by atoms with Gasteiger partial charge in [-0.05, 0) is 74.1 Å². The predicted molar refractivity (Wildman–Crippen MR) is 169 cm³/mol. The van der Waals surface area contributed by atoms with Gasteiger partial charge in [0.15, 0.2) is 5.82 Å². The SMILES string of the molecule is CCCc1c(Cc2ccc(-c3ccccc3-c3noc(=O)[nH]3)cc2F)c(=O)n(C2CCC(OCC3(O)CCC3)CC2)c2ncnn12.[H-].[K+]. The molecule has 11 nitrogen and oxygen atoms in total. The molecule has 0 radical (unpaired) electrons. The van der Waals surface area contributed by atoms with E-state index in [1.165, 1.54) is 12.4 Å². The average molecular weight is 669 g/mol. The van der Waals surface area contributed by atoms with Gasteiger partial charge >= 0.3 is 57.1 Å². The standard InChI is InChI=1S/C34H37FN6O5.K.H/c1-2-6-29-27(17-22-10-9-21(18-28(22)35)25-7-3-4-8-26(25)30-38-33(43)46-39-30)31(42)40(32-36-20-37-41(29)32)23-11-13-24(14-12-23)45-19-34(44)15-5-16-34;;/h3-4,7-10,18,20,23-24,44H,2,5-6,11-17,19H2,1H3,(H,38,39,43);;/q;+1;-1. The second-order valence-electron chi connectivity index (χ2n) is 12.6. The molecule has 3 heterocycles. The van der Waals surface area contributed by atoms with E-state index in [-0.39, 0.29) is 82.8 Å². The Hall–Kier alpha value is -2.78. The van der Waals surface area contributed by atoms with Crippen LogP contribution in [0.25, 0.3) is 28.3 Å². The number of benzene rings is 2. The van der Waals surface area contributed by atoms with E-state index in [0.717, 1.165) is 57.1 Å². The molecule has 2 saturated carbocycles. The van der Waals surface area contributed by atoms with Crippen molar-refractivity contribution in [2.45, 2.75) is 88.9 Å². The van der Waals surface area contributed by atoms with Crippen molar-refractivity contribution in [3.8, 4) is 22.5 Å². The fourth-order valence-corrected chi connectivity index (χ4v) is 6.89. The molecule has 0 saturated heterocycles. The number of hydrogen-bond acceptors (Lipinski definition) is 8. The van der Waals surface area contributed by atoms with Crippen LogP contribution in [0.2, 0.25) is 0 Å². The molecule has 5 aromatic rings. The first-order valence-electron chi connectivity index (χ1n) is 16.1. The fraction of sp³-hybridized carbons (Fsp3) is 0.441. The van der Waals surface area contributed by atoms with Gasteiger partial charge in [0, 0.05) is 23.6 Å². The minimum absolute atomic E-state index is 0. The maximum absolute atomic E-state index is 15.9. The second-order valence-corrected chi connectivity index (χ2v) is 12.6. The van der Waals surface area contributed by atoms with Crippen LogP contribution in [0.5, 0.6) is 0 Å². The molecular weight excluding hydrogens is 631 g/mol. The van der Waals surface area contributed by atoms with E-state index in [4.69, 9.17) is 4.74 Å². The van der Waals surface area contributed by atoms with Crippen molar-refractivity contribution in [2.24, 2.45) is 0 Å². The van der Waals surface area contributed by atoms with Crippen molar-refractivity contribution < 1.29 is 71.6 Å². The van der Waals surface area contributed by atoms with Crippen molar-refractivity contribution >= 4 is 5.78 Å². The zero-order chi connectivity index (χ0) is 31.8. The second kappa shape index (κ2) is 14.4. The molecule has 0 bridgehead atoms. The van der Waals surface area contributed by atoms with Gasteiger partial charge in [-0.3, -0.25) is 18.9 Å². The summed E-state index contributed by atoms with van der Waals surface area (Å²) in [5.74, 6) is -0.358. The van der Waals surface area contributed by atoms with E-state index >= 15 is 4.39 Å². The molecule has 0 atom stereocenters. The topological polar surface area (TPSA) is 141 Å². The largest absolute Gasteiger partial charge is 1.00 e. The summed E-state index contributed by atoms with van der Waals surface area (Å²) in [5.41, 5.74) is 2.68. The summed E-state index contributed by atoms with van der Waals surface area (Å²) in [6.45, 7) is 2.40. The summed E-state index contributed by atoms with van der Waals surface area (Å²) < 4.78 is 30.1. The zero-order valence-corrected chi connectivity index (χ0v) is 29.9. The third-order valence-corrected chi connectivity index (χ3v) is 9.55. The Morgan fingerprint density at radius 1 is 1.13 bits per heavy atom. The molecule has 2 fully saturated rings. The maximum Gasteiger partial charge on any atom is 1.00 e. The Labute approximate surface area is 314 Å². The van der Waals surface area contributed by atoms with Gasteiger partial charge in [0.05, 0.1) is 24.0 Å². The number of rotatable bonds is 10. The van der Waals surface area contributed by atoms with Crippen LogP contribution in [-0.4, -0.2) is 52.7 Å². The van der Waals surface area contributed by atoms with Crippen molar-refractivity contribution in [3.05, 3.63) is 92.3 Å². The molecule has 2 aliphatic carbocycles. The number of aromatic nitrogens is 6. The molecule has 47 heavy (non-hydrogen) atoms.